The summed E-state index contributed by atoms with van der Waals surface area (Å²) in [4.78, 5) is 0. The molecule has 1 aliphatic heterocycles. The second-order valence-corrected chi connectivity index (χ2v) is 9.63. The van der Waals surface area contributed by atoms with Crippen LogP contribution in [0.3, 0.4) is 0 Å². The summed E-state index contributed by atoms with van der Waals surface area (Å²) in [6.07, 6.45) is 0.880. The zero-order valence-corrected chi connectivity index (χ0v) is 13.8. The van der Waals surface area contributed by atoms with Gasteiger partial charge in [-0.2, -0.15) is 11.8 Å². The van der Waals surface area contributed by atoms with Crippen LogP contribution in [0.15, 0.2) is 20.1 Å². The fraction of sp³-hybridized carbons (Fsp3) is 0.600. The fourth-order valence-corrected chi connectivity index (χ4v) is 6.27. The summed E-state index contributed by atoms with van der Waals surface area (Å²) in [5, 5.41) is 0. The molecule has 1 unspecified atom stereocenters. The number of rotatable bonds is 5. The molecular weight excluding hydrogens is 358 g/mol. The maximum absolute atomic E-state index is 12.1. The predicted molar refractivity (Wildman–Crippen MR) is 78.9 cm³/mol. The van der Waals surface area contributed by atoms with E-state index in [-0.39, 0.29) is 5.60 Å². The van der Waals surface area contributed by atoms with Gasteiger partial charge in [0.1, 0.15) is 4.21 Å². The third-order valence-electron chi connectivity index (χ3n) is 2.90. The first-order valence-corrected chi connectivity index (χ1v) is 9.60. The second-order valence-electron chi connectivity index (χ2n) is 4.07. The number of sulfonamides is 1. The van der Waals surface area contributed by atoms with Gasteiger partial charge in [-0.3, -0.25) is 0 Å². The Balaban J connectivity index is 2.05. The zero-order chi connectivity index (χ0) is 13.2. The van der Waals surface area contributed by atoms with Crippen LogP contribution in [0.2, 0.25) is 0 Å². The van der Waals surface area contributed by atoms with Gasteiger partial charge in [-0.15, -0.1) is 11.3 Å². The van der Waals surface area contributed by atoms with Crippen LogP contribution in [0.4, 0.5) is 0 Å². The normalized spacial score (nSPS) is 24.6. The number of thiophene rings is 1. The standard InChI is InChI=1S/C10H14BrNO3S3/c1-15-10(4-5-16-7-10)6-12-18(13,14)9-3-2-8(11)17-9/h2-3,12H,4-7H2,1H3. The third-order valence-corrected chi connectivity index (χ3v) is 7.64. The number of hydrogen-bond donors (Lipinski definition) is 1. The van der Waals surface area contributed by atoms with Crippen molar-refractivity contribution in [3.05, 3.63) is 15.9 Å². The van der Waals surface area contributed by atoms with Gasteiger partial charge in [0.15, 0.2) is 0 Å². The van der Waals surface area contributed by atoms with E-state index in [0.29, 0.717) is 10.8 Å². The first-order chi connectivity index (χ1) is 8.47. The van der Waals surface area contributed by atoms with Gasteiger partial charge in [-0.1, -0.05) is 0 Å². The largest absolute Gasteiger partial charge is 0.376 e. The number of nitrogens with one attached hydrogen (secondary N) is 1. The van der Waals surface area contributed by atoms with Crippen LogP contribution in [0.25, 0.3) is 0 Å². The molecule has 0 aromatic carbocycles. The molecule has 0 amide bonds. The molecule has 1 N–H and O–H groups in total. The van der Waals surface area contributed by atoms with Gasteiger partial charge in [0.25, 0.3) is 0 Å². The van der Waals surface area contributed by atoms with E-state index in [1.807, 2.05) is 0 Å². The van der Waals surface area contributed by atoms with Gasteiger partial charge in [0, 0.05) is 19.4 Å². The average molecular weight is 372 g/mol. The summed E-state index contributed by atoms with van der Waals surface area (Å²) in [7, 11) is -1.79. The van der Waals surface area contributed by atoms with Crippen molar-refractivity contribution in [3.63, 3.8) is 0 Å². The van der Waals surface area contributed by atoms with Crippen LogP contribution in [-0.4, -0.2) is 39.2 Å². The molecule has 0 saturated carbocycles. The first kappa shape index (κ1) is 14.8. The molecule has 1 saturated heterocycles. The summed E-state index contributed by atoms with van der Waals surface area (Å²) < 4.78 is 33.4. The highest BCUT2D eigenvalue weighted by atomic mass is 79.9. The molecule has 0 bridgehead atoms. The summed E-state index contributed by atoms with van der Waals surface area (Å²) in [6, 6.07) is 3.33. The smallest absolute Gasteiger partial charge is 0.250 e. The van der Waals surface area contributed by atoms with E-state index in [1.54, 1.807) is 31.0 Å². The Kier molecular flexibility index (Phi) is 4.77. The molecule has 2 heterocycles. The third kappa shape index (κ3) is 3.29. The van der Waals surface area contributed by atoms with Crippen molar-refractivity contribution < 1.29 is 13.2 Å². The Morgan fingerprint density at radius 1 is 1.56 bits per heavy atom. The van der Waals surface area contributed by atoms with E-state index in [2.05, 4.69) is 20.7 Å². The minimum Gasteiger partial charge on any atom is -0.376 e. The topological polar surface area (TPSA) is 55.4 Å². The van der Waals surface area contributed by atoms with E-state index in [0.717, 1.165) is 21.7 Å². The van der Waals surface area contributed by atoms with Crippen LogP contribution in [0, 0.1) is 0 Å². The molecular formula is C10H14BrNO3S3. The van der Waals surface area contributed by atoms with E-state index < -0.39 is 10.0 Å². The van der Waals surface area contributed by atoms with E-state index in [9.17, 15) is 8.42 Å². The van der Waals surface area contributed by atoms with Crippen molar-refractivity contribution in [3.8, 4) is 0 Å². The minimum absolute atomic E-state index is 0.325. The van der Waals surface area contributed by atoms with Gasteiger partial charge in [-0.25, -0.2) is 13.1 Å². The number of methoxy groups -OCH3 is 1. The number of thioether (sulfide) groups is 1. The highest BCUT2D eigenvalue weighted by Crippen LogP contribution is 2.31. The Morgan fingerprint density at radius 2 is 2.33 bits per heavy atom. The van der Waals surface area contributed by atoms with Gasteiger partial charge in [0.2, 0.25) is 10.0 Å². The van der Waals surface area contributed by atoms with Crippen molar-refractivity contribution in [1.82, 2.24) is 4.72 Å². The van der Waals surface area contributed by atoms with Crippen LogP contribution in [0.5, 0.6) is 0 Å². The molecule has 1 aromatic heterocycles. The Morgan fingerprint density at radius 3 is 2.83 bits per heavy atom. The van der Waals surface area contributed by atoms with Crippen molar-refractivity contribution in [1.29, 1.82) is 0 Å². The first-order valence-electron chi connectivity index (χ1n) is 5.35. The molecule has 4 nitrogen and oxygen atoms in total. The number of hydrogen-bond acceptors (Lipinski definition) is 5. The lowest BCUT2D eigenvalue weighted by molar-refractivity contribution is 0.0179. The highest BCUT2D eigenvalue weighted by molar-refractivity contribution is 9.11. The molecule has 1 atom stereocenters. The van der Waals surface area contributed by atoms with Crippen molar-refractivity contribution in [2.45, 2.75) is 16.2 Å². The van der Waals surface area contributed by atoms with Gasteiger partial charge in [0.05, 0.1) is 9.39 Å². The van der Waals surface area contributed by atoms with Gasteiger partial charge >= 0.3 is 0 Å². The molecule has 2 rings (SSSR count). The maximum atomic E-state index is 12.1. The molecule has 1 aliphatic rings. The minimum atomic E-state index is -3.43. The van der Waals surface area contributed by atoms with Crippen LogP contribution >= 0.6 is 39.0 Å². The van der Waals surface area contributed by atoms with Crippen LogP contribution in [0.1, 0.15) is 6.42 Å². The number of ether oxygens (including phenoxy) is 1. The quantitative estimate of drug-likeness (QED) is 0.862. The van der Waals surface area contributed by atoms with Crippen molar-refractivity contribution in [2.24, 2.45) is 0 Å². The average Bonchev–Trinajstić information content (AvgIpc) is 2.96. The summed E-state index contributed by atoms with van der Waals surface area (Å²) in [5.41, 5.74) is -0.355. The zero-order valence-electron chi connectivity index (χ0n) is 9.81. The molecule has 0 radical (unpaired) electrons. The van der Waals surface area contributed by atoms with Gasteiger partial charge in [-0.05, 0) is 40.2 Å². The molecule has 18 heavy (non-hydrogen) atoms. The van der Waals surface area contributed by atoms with Crippen LogP contribution < -0.4 is 4.72 Å². The summed E-state index contributed by atoms with van der Waals surface area (Å²) in [5.74, 6) is 1.85. The molecule has 8 heteroatoms. The van der Waals surface area contributed by atoms with E-state index in [1.165, 1.54) is 11.3 Å². The second kappa shape index (κ2) is 5.80. The lowest BCUT2D eigenvalue weighted by Crippen LogP contribution is -2.44. The monoisotopic (exact) mass is 371 g/mol. The lowest BCUT2D eigenvalue weighted by atomic mass is 10.0. The molecule has 1 aromatic rings. The Labute approximate surface area is 124 Å². The SMILES string of the molecule is COC1(CNS(=O)(=O)c2ccc(Br)s2)CCSC1. The number of halogens is 1. The summed E-state index contributed by atoms with van der Waals surface area (Å²) >= 11 is 6.26. The van der Waals surface area contributed by atoms with Crippen molar-refractivity contribution in [2.75, 3.05) is 25.2 Å². The highest BCUT2D eigenvalue weighted by Gasteiger charge is 2.35. The Bertz CT molecular complexity index is 508. The maximum Gasteiger partial charge on any atom is 0.250 e. The predicted octanol–water partition coefficient (Wildman–Crippen LogP) is 2.31. The van der Waals surface area contributed by atoms with Crippen LogP contribution in [-0.2, 0) is 14.8 Å². The van der Waals surface area contributed by atoms with E-state index >= 15 is 0 Å². The van der Waals surface area contributed by atoms with Gasteiger partial charge < -0.3 is 4.74 Å². The van der Waals surface area contributed by atoms with Crippen molar-refractivity contribution >= 4 is 49.1 Å². The lowest BCUT2D eigenvalue weighted by Gasteiger charge is -2.26. The molecule has 102 valence electrons. The Hall–Kier alpha value is 0.400. The molecule has 0 spiro atoms. The molecule has 0 aliphatic carbocycles. The summed E-state index contributed by atoms with van der Waals surface area (Å²) in [6.45, 7) is 0.328. The molecule has 1 fully saturated rings. The fourth-order valence-electron chi connectivity index (χ4n) is 1.70. The van der Waals surface area contributed by atoms with E-state index in [4.69, 9.17) is 4.74 Å².